The van der Waals surface area contributed by atoms with Gasteiger partial charge in [-0.05, 0) is 44.9 Å². The Labute approximate surface area is 266 Å². The Balaban J connectivity index is 3.54. The molecule has 0 aromatic carbocycles. The lowest BCUT2D eigenvalue weighted by Crippen LogP contribution is -2.28. The molecule has 0 bridgehead atoms. The zero-order valence-electron chi connectivity index (χ0n) is 28.5. The highest BCUT2D eigenvalue weighted by Crippen LogP contribution is 2.14. The first-order valence-electron chi connectivity index (χ1n) is 18.4. The van der Waals surface area contributed by atoms with Crippen LogP contribution < -0.4 is 0 Å². The third-order valence-corrected chi connectivity index (χ3v) is 8.00. The second-order valence-electron chi connectivity index (χ2n) is 12.3. The van der Waals surface area contributed by atoms with Crippen molar-refractivity contribution in [2.45, 2.75) is 193 Å². The largest absolute Gasteiger partial charge is 0.462 e. The molecule has 5 heteroatoms. The molecule has 0 fully saturated rings. The van der Waals surface area contributed by atoms with Gasteiger partial charge in [-0.2, -0.15) is 0 Å². The van der Waals surface area contributed by atoms with Gasteiger partial charge >= 0.3 is 11.9 Å². The number of carbonyl (C=O) groups excluding carboxylic acids is 2. The first-order valence-corrected chi connectivity index (χ1v) is 18.4. The fourth-order valence-electron chi connectivity index (χ4n) is 5.17. The standard InChI is InChI=1S/C38H70O5/c1-3-5-7-9-11-13-15-16-17-18-19-20-21-22-23-25-27-29-31-33-38(41)43-36(34-39)35-42-37(40)32-30-28-26-24-14-12-10-8-6-4-2/h11,13,16-17,36,39H,3-10,12,14-15,18-35H2,1-2H3/b13-11+,17-16+/t36-/m0/s1. The van der Waals surface area contributed by atoms with Crippen LogP contribution in [0.3, 0.4) is 0 Å². The Bertz CT molecular complexity index is 657. The number of aliphatic hydroxyl groups excluding tert-OH is 1. The number of hydrogen-bond acceptors (Lipinski definition) is 5. The Morgan fingerprint density at radius 1 is 0.535 bits per heavy atom. The van der Waals surface area contributed by atoms with Gasteiger partial charge in [-0.3, -0.25) is 9.59 Å². The van der Waals surface area contributed by atoms with E-state index in [0.29, 0.717) is 12.8 Å². The first kappa shape index (κ1) is 41.4. The summed E-state index contributed by atoms with van der Waals surface area (Å²) < 4.78 is 10.6. The Morgan fingerprint density at radius 3 is 1.42 bits per heavy atom. The third-order valence-electron chi connectivity index (χ3n) is 8.00. The summed E-state index contributed by atoms with van der Waals surface area (Å²) in [5.41, 5.74) is 0. The number of unbranched alkanes of at least 4 members (excludes halogenated alkanes) is 21. The summed E-state index contributed by atoms with van der Waals surface area (Å²) in [5, 5.41) is 9.51. The molecule has 1 atom stereocenters. The maximum atomic E-state index is 12.1. The van der Waals surface area contributed by atoms with Crippen molar-refractivity contribution in [1.29, 1.82) is 0 Å². The Kier molecular flexibility index (Phi) is 33.6. The van der Waals surface area contributed by atoms with Crippen molar-refractivity contribution >= 4 is 11.9 Å². The molecule has 252 valence electrons. The molecule has 5 nitrogen and oxygen atoms in total. The van der Waals surface area contributed by atoms with Crippen LogP contribution in [0.5, 0.6) is 0 Å². The quantitative estimate of drug-likeness (QED) is 0.0457. The topological polar surface area (TPSA) is 72.8 Å². The minimum atomic E-state index is -0.767. The van der Waals surface area contributed by atoms with Gasteiger partial charge in [0.2, 0.25) is 0 Å². The van der Waals surface area contributed by atoms with Gasteiger partial charge in [-0.1, -0.05) is 154 Å². The summed E-state index contributed by atoms with van der Waals surface area (Å²) in [6.07, 6.45) is 39.5. The van der Waals surface area contributed by atoms with E-state index < -0.39 is 6.10 Å². The van der Waals surface area contributed by atoms with Gasteiger partial charge in [0.15, 0.2) is 6.10 Å². The van der Waals surface area contributed by atoms with Crippen LogP contribution in [-0.4, -0.2) is 36.4 Å². The summed E-state index contributed by atoms with van der Waals surface area (Å²) in [5.74, 6) is -0.593. The molecule has 0 amide bonds. The minimum Gasteiger partial charge on any atom is -0.462 e. The van der Waals surface area contributed by atoms with Crippen LogP contribution in [0.4, 0.5) is 0 Å². The number of aliphatic hydroxyl groups is 1. The van der Waals surface area contributed by atoms with E-state index in [1.54, 1.807) is 0 Å². The van der Waals surface area contributed by atoms with Crippen molar-refractivity contribution < 1.29 is 24.2 Å². The molecular weight excluding hydrogens is 536 g/mol. The van der Waals surface area contributed by atoms with Crippen molar-refractivity contribution in [3.8, 4) is 0 Å². The van der Waals surface area contributed by atoms with Crippen LogP contribution in [0, 0.1) is 0 Å². The van der Waals surface area contributed by atoms with Crippen molar-refractivity contribution in [3.63, 3.8) is 0 Å². The monoisotopic (exact) mass is 607 g/mol. The smallest absolute Gasteiger partial charge is 0.306 e. The number of hydrogen-bond donors (Lipinski definition) is 1. The molecule has 0 aliphatic rings. The van der Waals surface area contributed by atoms with E-state index in [4.69, 9.17) is 9.47 Å². The molecule has 0 rings (SSSR count). The number of ether oxygens (including phenoxy) is 2. The van der Waals surface area contributed by atoms with Crippen LogP contribution in [0.25, 0.3) is 0 Å². The molecule has 1 N–H and O–H groups in total. The fraction of sp³-hybridized carbons (Fsp3) is 0.842. The maximum Gasteiger partial charge on any atom is 0.306 e. The molecule has 0 spiro atoms. The van der Waals surface area contributed by atoms with Crippen LogP contribution in [-0.2, 0) is 19.1 Å². The zero-order valence-corrected chi connectivity index (χ0v) is 28.5. The van der Waals surface area contributed by atoms with Crippen molar-refractivity contribution in [2.75, 3.05) is 13.2 Å². The van der Waals surface area contributed by atoms with E-state index in [2.05, 4.69) is 38.2 Å². The zero-order chi connectivity index (χ0) is 31.5. The van der Waals surface area contributed by atoms with Gasteiger partial charge in [-0.25, -0.2) is 0 Å². The summed E-state index contributed by atoms with van der Waals surface area (Å²) in [6.45, 7) is 4.09. The molecule has 0 radical (unpaired) electrons. The van der Waals surface area contributed by atoms with Gasteiger partial charge in [-0.15, -0.1) is 0 Å². The van der Waals surface area contributed by atoms with E-state index in [0.717, 1.165) is 44.9 Å². The number of carbonyl (C=O) groups is 2. The highest BCUT2D eigenvalue weighted by Gasteiger charge is 2.16. The Hall–Kier alpha value is -1.62. The average Bonchev–Trinajstić information content (AvgIpc) is 3.01. The second kappa shape index (κ2) is 34.9. The summed E-state index contributed by atoms with van der Waals surface area (Å²) in [4.78, 5) is 24.1. The van der Waals surface area contributed by atoms with Crippen molar-refractivity contribution in [3.05, 3.63) is 24.3 Å². The van der Waals surface area contributed by atoms with E-state index in [1.807, 2.05) is 0 Å². The Morgan fingerprint density at radius 2 is 0.930 bits per heavy atom. The van der Waals surface area contributed by atoms with E-state index in [-0.39, 0.29) is 25.2 Å². The van der Waals surface area contributed by atoms with Gasteiger partial charge in [0, 0.05) is 12.8 Å². The van der Waals surface area contributed by atoms with Crippen LogP contribution in [0.2, 0.25) is 0 Å². The normalized spacial score (nSPS) is 12.3. The van der Waals surface area contributed by atoms with E-state index in [9.17, 15) is 14.7 Å². The number of rotatable bonds is 33. The van der Waals surface area contributed by atoms with Crippen LogP contribution in [0.15, 0.2) is 24.3 Å². The van der Waals surface area contributed by atoms with Gasteiger partial charge in [0.05, 0.1) is 6.61 Å². The molecule has 0 aromatic heterocycles. The predicted molar refractivity (Wildman–Crippen MR) is 182 cm³/mol. The molecule has 0 heterocycles. The molecule has 0 aliphatic carbocycles. The number of esters is 2. The summed E-state index contributed by atoms with van der Waals surface area (Å²) >= 11 is 0. The third kappa shape index (κ3) is 33.1. The molecular formula is C38H70O5. The average molecular weight is 607 g/mol. The predicted octanol–water partition coefficient (Wildman–Crippen LogP) is 11.1. The fourth-order valence-corrected chi connectivity index (χ4v) is 5.17. The summed E-state index contributed by atoms with van der Waals surface area (Å²) in [6, 6.07) is 0. The number of allylic oxidation sites excluding steroid dienone is 4. The van der Waals surface area contributed by atoms with Gasteiger partial charge < -0.3 is 14.6 Å². The van der Waals surface area contributed by atoms with Crippen LogP contribution in [0.1, 0.15) is 187 Å². The highest BCUT2D eigenvalue weighted by molar-refractivity contribution is 5.70. The van der Waals surface area contributed by atoms with Crippen LogP contribution >= 0.6 is 0 Å². The lowest BCUT2D eigenvalue weighted by molar-refractivity contribution is -0.161. The minimum absolute atomic E-state index is 0.0638. The van der Waals surface area contributed by atoms with Gasteiger partial charge in [0.25, 0.3) is 0 Å². The SMILES string of the molecule is CCCCC/C=C/C/C=C/CCCCCCCCCCCC(=O)O[C@@H](CO)COC(=O)CCCCCCCCCCCC. The lowest BCUT2D eigenvalue weighted by atomic mass is 10.1. The molecule has 0 unspecified atom stereocenters. The lowest BCUT2D eigenvalue weighted by Gasteiger charge is -2.15. The van der Waals surface area contributed by atoms with Gasteiger partial charge in [0.1, 0.15) is 6.61 Å². The molecule has 0 aromatic rings. The highest BCUT2D eigenvalue weighted by atomic mass is 16.6. The van der Waals surface area contributed by atoms with Crippen molar-refractivity contribution in [1.82, 2.24) is 0 Å². The maximum absolute atomic E-state index is 12.1. The second-order valence-corrected chi connectivity index (χ2v) is 12.3. The molecule has 43 heavy (non-hydrogen) atoms. The first-order chi connectivity index (χ1) is 21.1. The van der Waals surface area contributed by atoms with E-state index >= 15 is 0 Å². The molecule has 0 saturated carbocycles. The molecule has 0 aliphatic heterocycles. The summed E-state index contributed by atoms with van der Waals surface area (Å²) in [7, 11) is 0. The van der Waals surface area contributed by atoms with E-state index in [1.165, 1.54) is 116 Å². The van der Waals surface area contributed by atoms with Crippen molar-refractivity contribution in [2.24, 2.45) is 0 Å². The molecule has 0 saturated heterocycles.